The number of anilines is 1. The van der Waals surface area contributed by atoms with Crippen molar-refractivity contribution in [1.29, 1.82) is 5.26 Å². The Balaban J connectivity index is 2.36. The Hall–Kier alpha value is -1.21. The quantitative estimate of drug-likeness (QED) is 0.752. The van der Waals surface area contributed by atoms with Crippen LogP contribution < -0.4 is 4.90 Å². The van der Waals surface area contributed by atoms with E-state index in [-0.39, 0.29) is 0 Å². The van der Waals surface area contributed by atoms with Gasteiger partial charge in [-0.05, 0) is 24.7 Å². The normalized spacial score (nSPS) is 15.1. The summed E-state index contributed by atoms with van der Waals surface area (Å²) in [7, 11) is 0. The molecule has 16 heavy (non-hydrogen) atoms. The predicted molar refractivity (Wildman–Crippen MR) is 66.8 cm³/mol. The van der Waals surface area contributed by atoms with Crippen LogP contribution in [0, 0.1) is 11.3 Å². The van der Waals surface area contributed by atoms with Gasteiger partial charge in [-0.2, -0.15) is 5.26 Å². The molecule has 3 nitrogen and oxygen atoms in total. The molecular formula is C12H15N3S. The fourth-order valence-corrected chi connectivity index (χ4v) is 2.71. The van der Waals surface area contributed by atoms with Crippen LogP contribution in [0.1, 0.15) is 25.3 Å². The summed E-state index contributed by atoms with van der Waals surface area (Å²) in [6, 6.07) is 4.26. The topological polar surface area (TPSA) is 39.9 Å². The minimum Gasteiger partial charge on any atom is -0.370 e. The zero-order valence-electron chi connectivity index (χ0n) is 9.44. The lowest BCUT2D eigenvalue weighted by molar-refractivity contribution is 0.948. The number of nitrogens with zero attached hydrogens (tertiary/aromatic N) is 3. The Morgan fingerprint density at radius 3 is 2.88 bits per heavy atom. The van der Waals surface area contributed by atoms with Crippen molar-refractivity contribution in [2.75, 3.05) is 23.7 Å². The van der Waals surface area contributed by atoms with Crippen LogP contribution in [0.15, 0.2) is 17.3 Å². The lowest BCUT2D eigenvalue weighted by Gasteiger charge is -2.19. The third-order valence-corrected chi connectivity index (χ3v) is 3.61. The maximum absolute atomic E-state index is 9.26. The zero-order chi connectivity index (χ0) is 11.4. The molecule has 1 fully saturated rings. The summed E-state index contributed by atoms with van der Waals surface area (Å²) in [5.74, 6) is 0.950. The van der Waals surface area contributed by atoms with Gasteiger partial charge in [0.2, 0.25) is 0 Å². The van der Waals surface area contributed by atoms with Gasteiger partial charge in [0, 0.05) is 19.3 Å². The first kappa shape index (κ1) is 11.3. The Bertz CT molecular complexity index is 405. The molecule has 1 aromatic heterocycles. The first-order valence-electron chi connectivity index (χ1n) is 5.63. The van der Waals surface area contributed by atoms with E-state index in [4.69, 9.17) is 0 Å². The Labute approximate surface area is 100 Å². The molecule has 1 aromatic rings. The van der Waals surface area contributed by atoms with Crippen LogP contribution in [0.4, 0.5) is 5.69 Å². The van der Waals surface area contributed by atoms with E-state index in [9.17, 15) is 5.26 Å². The molecule has 0 spiro atoms. The van der Waals surface area contributed by atoms with Gasteiger partial charge in [0.25, 0.3) is 0 Å². The van der Waals surface area contributed by atoms with Crippen LogP contribution in [-0.4, -0.2) is 23.8 Å². The van der Waals surface area contributed by atoms with Crippen molar-refractivity contribution in [1.82, 2.24) is 4.98 Å². The smallest absolute Gasteiger partial charge is 0.116 e. The first-order valence-corrected chi connectivity index (χ1v) is 6.62. The molecule has 0 N–H and O–H groups in total. The second-order valence-electron chi connectivity index (χ2n) is 3.75. The highest BCUT2D eigenvalue weighted by Crippen LogP contribution is 2.30. The molecule has 1 aliphatic rings. The molecule has 84 valence electrons. The third-order valence-electron chi connectivity index (χ3n) is 2.73. The number of pyridine rings is 1. The summed E-state index contributed by atoms with van der Waals surface area (Å²) in [5, 5.41) is 10.1. The fraction of sp³-hybridized carbons (Fsp3) is 0.500. The molecule has 1 aliphatic heterocycles. The molecule has 0 radical (unpaired) electrons. The van der Waals surface area contributed by atoms with E-state index in [0.29, 0.717) is 0 Å². The van der Waals surface area contributed by atoms with E-state index < -0.39 is 0 Å². The molecule has 2 rings (SSSR count). The minimum absolute atomic E-state index is 0.747. The van der Waals surface area contributed by atoms with Crippen molar-refractivity contribution < 1.29 is 0 Å². The maximum Gasteiger partial charge on any atom is 0.116 e. The van der Waals surface area contributed by atoms with Crippen molar-refractivity contribution in [3.8, 4) is 6.07 Å². The average molecular weight is 233 g/mol. The van der Waals surface area contributed by atoms with Crippen molar-refractivity contribution in [3.63, 3.8) is 0 Å². The molecule has 0 saturated carbocycles. The highest BCUT2D eigenvalue weighted by molar-refractivity contribution is 7.99. The SMILES string of the molecule is CCSc1nccc(N2CCCC2)c1C#N. The molecule has 0 atom stereocenters. The van der Waals surface area contributed by atoms with Gasteiger partial charge in [-0.25, -0.2) is 4.98 Å². The van der Waals surface area contributed by atoms with Crippen LogP contribution in [0.3, 0.4) is 0 Å². The molecule has 1 saturated heterocycles. The Kier molecular flexibility index (Phi) is 3.68. The highest BCUT2D eigenvalue weighted by Gasteiger charge is 2.18. The van der Waals surface area contributed by atoms with E-state index in [1.807, 2.05) is 12.3 Å². The lowest BCUT2D eigenvalue weighted by atomic mass is 10.2. The summed E-state index contributed by atoms with van der Waals surface area (Å²) < 4.78 is 0. The first-order chi connectivity index (χ1) is 7.86. The van der Waals surface area contributed by atoms with Crippen molar-refractivity contribution in [2.45, 2.75) is 24.8 Å². The van der Waals surface area contributed by atoms with Crippen LogP contribution in [0.2, 0.25) is 0 Å². The number of aromatic nitrogens is 1. The van der Waals surface area contributed by atoms with Gasteiger partial charge in [-0.3, -0.25) is 0 Å². The van der Waals surface area contributed by atoms with E-state index in [1.54, 1.807) is 11.8 Å². The number of hydrogen-bond donors (Lipinski definition) is 0. The molecular weight excluding hydrogens is 218 g/mol. The van der Waals surface area contributed by atoms with E-state index in [1.165, 1.54) is 12.8 Å². The number of nitriles is 1. The van der Waals surface area contributed by atoms with Gasteiger partial charge in [-0.1, -0.05) is 6.92 Å². The molecule has 2 heterocycles. The van der Waals surface area contributed by atoms with Gasteiger partial charge in [0.05, 0.1) is 5.69 Å². The van der Waals surface area contributed by atoms with Gasteiger partial charge in [-0.15, -0.1) is 11.8 Å². The van der Waals surface area contributed by atoms with Crippen LogP contribution >= 0.6 is 11.8 Å². The Morgan fingerprint density at radius 1 is 1.50 bits per heavy atom. The van der Waals surface area contributed by atoms with Gasteiger partial charge in [0.15, 0.2) is 0 Å². The standard InChI is InChI=1S/C12H15N3S/c1-2-16-12-10(9-13)11(5-6-14-12)15-7-3-4-8-15/h5-6H,2-4,7-8H2,1H3. The predicted octanol–water partition coefficient (Wildman–Crippen LogP) is 2.67. The maximum atomic E-state index is 9.26. The van der Waals surface area contributed by atoms with E-state index >= 15 is 0 Å². The van der Waals surface area contributed by atoms with E-state index in [2.05, 4.69) is 22.9 Å². The summed E-state index contributed by atoms with van der Waals surface area (Å²) in [5.41, 5.74) is 1.81. The molecule has 4 heteroatoms. The third kappa shape index (κ3) is 2.14. The van der Waals surface area contributed by atoms with Gasteiger partial charge >= 0.3 is 0 Å². The summed E-state index contributed by atoms with van der Waals surface area (Å²) >= 11 is 1.64. The molecule has 0 unspecified atom stereocenters. The van der Waals surface area contributed by atoms with Gasteiger partial charge in [0.1, 0.15) is 16.7 Å². The number of hydrogen-bond acceptors (Lipinski definition) is 4. The number of thioether (sulfide) groups is 1. The van der Waals surface area contributed by atoms with E-state index in [0.717, 1.165) is 35.1 Å². The highest BCUT2D eigenvalue weighted by atomic mass is 32.2. The van der Waals surface area contributed by atoms with Crippen molar-refractivity contribution >= 4 is 17.4 Å². The Morgan fingerprint density at radius 2 is 2.25 bits per heavy atom. The lowest BCUT2D eigenvalue weighted by Crippen LogP contribution is -2.19. The molecule has 0 amide bonds. The number of rotatable bonds is 3. The molecule has 0 aromatic carbocycles. The van der Waals surface area contributed by atoms with Crippen molar-refractivity contribution in [3.05, 3.63) is 17.8 Å². The van der Waals surface area contributed by atoms with Crippen molar-refractivity contribution in [2.24, 2.45) is 0 Å². The van der Waals surface area contributed by atoms with Crippen LogP contribution in [-0.2, 0) is 0 Å². The summed E-state index contributed by atoms with van der Waals surface area (Å²) in [6.07, 6.45) is 4.26. The summed E-state index contributed by atoms with van der Waals surface area (Å²) in [6.45, 7) is 4.21. The second kappa shape index (κ2) is 5.22. The largest absolute Gasteiger partial charge is 0.370 e. The molecule has 0 bridgehead atoms. The van der Waals surface area contributed by atoms with Gasteiger partial charge < -0.3 is 4.90 Å². The minimum atomic E-state index is 0.747. The second-order valence-corrected chi connectivity index (χ2v) is 5.00. The van der Waals surface area contributed by atoms with Crippen LogP contribution in [0.5, 0.6) is 0 Å². The monoisotopic (exact) mass is 233 g/mol. The zero-order valence-corrected chi connectivity index (χ0v) is 10.3. The van der Waals surface area contributed by atoms with Crippen LogP contribution in [0.25, 0.3) is 0 Å². The fourth-order valence-electron chi connectivity index (χ4n) is 2.01. The summed E-state index contributed by atoms with van der Waals surface area (Å²) in [4.78, 5) is 6.58. The average Bonchev–Trinajstić information content (AvgIpc) is 2.82. The molecule has 0 aliphatic carbocycles.